The van der Waals surface area contributed by atoms with Crippen LogP contribution in [0.1, 0.15) is 53.9 Å². The summed E-state index contributed by atoms with van der Waals surface area (Å²) in [4.78, 5) is 27.0. The molecule has 6 heteroatoms. The highest BCUT2D eigenvalue weighted by Crippen LogP contribution is 2.33. The van der Waals surface area contributed by atoms with Gasteiger partial charge in [-0.1, -0.05) is 37.3 Å². The average Bonchev–Trinajstić information content (AvgIpc) is 3.37. The number of nitrogens with zero attached hydrogens (tertiary/aromatic N) is 1. The fourth-order valence-electron chi connectivity index (χ4n) is 4.18. The van der Waals surface area contributed by atoms with Crippen molar-refractivity contribution in [1.82, 2.24) is 5.32 Å². The number of para-hydroxylation sites is 1. The standard InChI is InChI=1S/C26H29N3O3/c1-3-7-25(30)28-21-10-6-8-19(15-21)16-27-26(31)22-12-13-32-24(22)17-29-18(2)14-20-9-4-5-11-23(20)29/h4-6,8-13,15,18H,3,7,14,16-17H2,1-2H3,(H,27,31)(H,28,30). The number of anilines is 2. The Morgan fingerprint density at radius 3 is 2.81 bits per heavy atom. The summed E-state index contributed by atoms with van der Waals surface area (Å²) in [7, 11) is 0. The summed E-state index contributed by atoms with van der Waals surface area (Å²) >= 11 is 0. The molecule has 0 radical (unpaired) electrons. The number of nitrogens with one attached hydrogen (secondary N) is 2. The van der Waals surface area contributed by atoms with E-state index < -0.39 is 0 Å². The molecule has 6 nitrogen and oxygen atoms in total. The quantitative estimate of drug-likeness (QED) is 0.532. The summed E-state index contributed by atoms with van der Waals surface area (Å²) < 4.78 is 5.70. The molecule has 1 aromatic heterocycles. The molecule has 0 spiro atoms. The van der Waals surface area contributed by atoms with Crippen LogP contribution in [0.3, 0.4) is 0 Å². The molecule has 2 amide bonds. The lowest BCUT2D eigenvalue weighted by molar-refractivity contribution is -0.116. The van der Waals surface area contributed by atoms with Crippen LogP contribution in [0.4, 0.5) is 11.4 Å². The molecule has 0 saturated heterocycles. The van der Waals surface area contributed by atoms with E-state index in [9.17, 15) is 9.59 Å². The zero-order valence-electron chi connectivity index (χ0n) is 18.6. The fourth-order valence-corrected chi connectivity index (χ4v) is 4.18. The Kier molecular flexibility index (Phi) is 6.59. The number of carbonyl (C=O) groups excluding carboxylic acids is 2. The Labute approximate surface area is 188 Å². The molecule has 0 fully saturated rings. The molecule has 0 bridgehead atoms. The number of amides is 2. The van der Waals surface area contributed by atoms with Gasteiger partial charge in [0.05, 0.1) is 18.4 Å². The van der Waals surface area contributed by atoms with Gasteiger partial charge in [-0.05, 0) is 55.2 Å². The van der Waals surface area contributed by atoms with Gasteiger partial charge in [0.25, 0.3) is 5.91 Å². The van der Waals surface area contributed by atoms with Crippen LogP contribution in [0, 0.1) is 0 Å². The summed E-state index contributed by atoms with van der Waals surface area (Å²) in [6.45, 7) is 5.07. The first-order chi connectivity index (χ1) is 15.5. The Balaban J connectivity index is 1.40. The lowest BCUT2D eigenvalue weighted by Gasteiger charge is -2.24. The summed E-state index contributed by atoms with van der Waals surface area (Å²) in [5.74, 6) is 0.482. The molecule has 2 heterocycles. The molecule has 1 aliphatic rings. The molecular weight excluding hydrogens is 402 g/mol. The summed E-state index contributed by atoms with van der Waals surface area (Å²) in [6.07, 6.45) is 3.85. The van der Waals surface area contributed by atoms with Gasteiger partial charge in [-0.15, -0.1) is 0 Å². The van der Waals surface area contributed by atoms with Crippen LogP contribution in [0.15, 0.2) is 65.3 Å². The predicted molar refractivity (Wildman–Crippen MR) is 126 cm³/mol. The first-order valence-corrected chi connectivity index (χ1v) is 11.1. The summed E-state index contributed by atoms with van der Waals surface area (Å²) in [5.41, 5.74) is 4.72. The van der Waals surface area contributed by atoms with Crippen LogP contribution in [0.2, 0.25) is 0 Å². The third kappa shape index (κ3) is 4.85. The number of carbonyl (C=O) groups is 2. The second-order valence-electron chi connectivity index (χ2n) is 8.25. The second kappa shape index (κ2) is 9.73. The van der Waals surface area contributed by atoms with E-state index in [0.717, 1.165) is 24.1 Å². The van der Waals surface area contributed by atoms with Crippen molar-refractivity contribution in [1.29, 1.82) is 0 Å². The van der Waals surface area contributed by atoms with E-state index in [1.165, 1.54) is 11.3 Å². The average molecular weight is 432 g/mol. The van der Waals surface area contributed by atoms with Gasteiger partial charge in [0.1, 0.15) is 5.76 Å². The fraction of sp³-hybridized carbons (Fsp3) is 0.308. The lowest BCUT2D eigenvalue weighted by Crippen LogP contribution is -2.30. The molecule has 2 N–H and O–H groups in total. The number of hydrogen-bond acceptors (Lipinski definition) is 4. The highest BCUT2D eigenvalue weighted by molar-refractivity contribution is 5.95. The molecule has 1 unspecified atom stereocenters. The van der Waals surface area contributed by atoms with Crippen molar-refractivity contribution in [3.8, 4) is 0 Å². The van der Waals surface area contributed by atoms with E-state index >= 15 is 0 Å². The number of benzene rings is 2. The van der Waals surface area contributed by atoms with Crippen LogP contribution in [0.5, 0.6) is 0 Å². The summed E-state index contributed by atoms with van der Waals surface area (Å²) in [5, 5.41) is 5.86. The van der Waals surface area contributed by atoms with E-state index in [2.05, 4.69) is 40.7 Å². The smallest absolute Gasteiger partial charge is 0.255 e. The van der Waals surface area contributed by atoms with E-state index in [-0.39, 0.29) is 11.8 Å². The molecule has 0 aliphatic carbocycles. The summed E-state index contributed by atoms with van der Waals surface area (Å²) in [6, 6.07) is 18.0. The van der Waals surface area contributed by atoms with E-state index in [1.807, 2.05) is 37.3 Å². The second-order valence-corrected chi connectivity index (χ2v) is 8.25. The maximum atomic E-state index is 12.9. The maximum absolute atomic E-state index is 12.9. The van der Waals surface area contributed by atoms with Crippen LogP contribution in [-0.4, -0.2) is 17.9 Å². The Morgan fingerprint density at radius 1 is 1.12 bits per heavy atom. The van der Waals surface area contributed by atoms with Crippen molar-refractivity contribution in [3.63, 3.8) is 0 Å². The maximum Gasteiger partial charge on any atom is 0.255 e. The third-order valence-electron chi connectivity index (χ3n) is 5.79. The monoisotopic (exact) mass is 431 g/mol. The van der Waals surface area contributed by atoms with E-state index in [4.69, 9.17) is 4.42 Å². The molecule has 2 aromatic carbocycles. The zero-order chi connectivity index (χ0) is 22.5. The van der Waals surface area contributed by atoms with Gasteiger partial charge in [0, 0.05) is 30.4 Å². The Bertz CT molecular complexity index is 1100. The van der Waals surface area contributed by atoms with Gasteiger partial charge in [0.2, 0.25) is 5.91 Å². The van der Waals surface area contributed by atoms with E-state index in [0.29, 0.717) is 36.9 Å². The van der Waals surface area contributed by atoms with Gasteiger partial charge in [-0.25, -0.2) is 0 Å². The molecule has 1 aliphatic heterocycles. The van der Waals surface area contributed by atoms with Crippen molar-refractivity contribution < 1.29 is 14.0 Å². The van der Waals surface area contributed by atoms with Gasteiger partial charge < -0.3 is 20.0 Å². The topological polar surface area (TPSA) is 74.6 Å². The van der Waals surface area contributed by atoms with Crippen LogP contribution in [0.25, 0.3) is 0 Å². The van der Waals surface area contributed by atoms with Crippen molar-refractivity contribution in [2.45, 2.75) is 52.2 Å². The first kappa shape index (κ1) is 21.7. The van der Waals surface area contributed by atoms with Crippen LogP contribution >= 0.6 is 0 Å². The molecule has 4 rings (SSSR count). The minimum Gasteiger partial charge on any atom is -0.467 e. The minimum atomic E-state index is -0.172. The predicted octanol–water partition coefficient (Wildman–Crippen LogP) is 4.90. The third-order valence-corrected chi connectivity index (χ3v) is 5.79. The molecular formula is C26H29N3O3. The SMILES string of the molecule is CCCC(=O)Nc1cccc(CNC(=O)c2ccoc2CN2c3ccccc3CC2C)c1. The molecule has 0 saturated carbocycles. The van der Waals surface area contributed by atoms with Gasteiger partial charge in [-0.2, -0.15) is 0 Å². The van der Waals surface area contributed by atoms with Crippen LogP contribution in [-0.2, 0) is 24.3 Å². The zero-order valence-corrected chi connectivity index (χ0v) is 18.6. The van der Waals surface area contributed by atoms with Gasteiger partial charge in [-0.3, -0.25) is 9.59 Å². The van der Waals surface area contributed by atoms with Crippen LogP contribution < -0.4 is 15.5 Å². The molecule has 166 valence electrons. The first-order valence-electron chi connectivity index (χ1n) is 11.1. The Hall–Kier alpha value is -3.54. The van der Waals surface area contributed by atoms with Gasteiger partial charge in [0.15, 0.2) is 0 Å². The largest absolute Gasteiger partial charge is 0.467 e. The lowest BCUT2D eigenvalue weighted by atomic mass is 10.1. The molecule has 3 aromatic rings. The van der Waals surface area contributed by atoms with Crippen molar-refractivity contribution in [2.24, 2.45) is 0 Å². The number of hydrogen-bond donors (Lipinski definition) is 2. The van der Waals surface area contributed by atoms with Crippen molar-refractivity contribution in [2.75, 3.05) is 10.2 Å². The van der Waals surface area contributed by atoms with Crippen molar-refractivity contribution >= 4 is 23.2 Å². The number of furan rings is 1. The van der Waals surface area contributed by atoms with E-state index in [1.54, 1.807) is 12.3 Å². The van der Waals surface area contributed by atoms with Crippen molar-refractivity contribution in [3.05, 3.63) is 83.3 Å². The minimum absolute atomic E-state index is 0.00515. The number of rotatable bonds is 8. The molecule has 32 heavy (non-hydrogen) atoms. The highest BCUT2D eigenvalue weighted by atomic mass is 16.3. The highest BCUT2D eigenvalue weighted by Gasteiger charge is 2.27. The molecule has 1 atom stereocenters. The normalized spacial score (nSPS) is 14.8. The van der Waals surface area contributed by atoms with Gasteiger partial charge >= 0.3 is 0 Å². The Morgan fingerprint density at radius 2 is 1.97 bits per heavy atom. The number of fused-ring (bicyclic) bond motifs is 1.